The lowest BCUT2D eigenvalue weighted by molar-refractivity contribution is -0.154. The van der Waals surface area contributed by atoms with Gasteiger partial charge in [0.1, 0.15) is 12.1 Å². The number of nitrogens with two attached hydrogens (primary N) is 3. The molecular formula is C112H139Cl3N8O14. The average Bonchev–Trinajstić information content (AvgIpc) is 1.63. The van der Waals surface area contributed by atoms with E-state index in [2.05, 4.69) is 167 Å². The zero-order valence-corrected chi connectivity index (χ0v) is 82.7. The number of nitrogens with zero attached hydrogens (tertiary/aromatic N) is 3. The number of aliphatic carboxylic acids is 1. The molecule has 10 aromatic carbocycles. The number of hydrazine groups is 1. The van der Waals surface area contributed by atoms with Gasteiger partial charge < -0.3 is 36.2 Å². The monoisotopic (exact) mass is 1920 g/mol. The number of imide groups is 2. The predicted molar refractivity (Wildman–Crippen MR) is 548 cm³/mol. The van der Waals surface area contributed by atoms with E-state index in [4.69, 9.17) is 39.1 Å². The highest BCUT2D eigenvalue weighted by molar-refractivity contribution is 6.62. The van der Waals surface area contributed by atoms with Crippen molar-refractivity contribution in [2.45, 2.75) is 226 Å². The molecule has 14 rings (SSSR count). The van der Waals surface area contributed by atoms with Crippen LogP contribution in [-0.4, -0.2) is 156 Å². The number of amides is 7. The molecule has 0 saturated carbocycles. The van der Waals surface area contributed by atoms with Crippen LogP contribution in [0.15, 0.2) is 291 Å². The maximum atomic E-state index is 13.3. The third-order valence-corrected chi connectivity index (χ3v) is 24.2. The Kier molecular flexibility index (Phi) is 54.1. The van der Waals surface area contributed by atoms with Crippen LogP contribution in [0.3, 0.4) is 0 Å². The third kappa shape index (κ3) is 41.1. The zero-order chi connectivity index (χ0) is 101. The number of carbonyl (C=O) groups is 11. The fraction of sp³-hybridized carbons (Fsp3) is 0.366. The first-order valence-corrected chi connectivity index (χ1v) is 48.4. The smallest absolute Gasteiger partial charge is 0.326 e. The van der Waals surface area contributed by atoms with Crippen molar-refractivity contribution in [2.75, 3.05) is 25.5 Å². The van der Waals surface area contributed by atoms with Crippen molar-refractivity contribution < 1.29 is 68.1 Å². The van der Waals surface area contributed by atoms with Gasteiger partial charge in [-0.2, -0.15) is 0 Å². The van der Waals surface area contributed by atoms with Crippen LogP contribution in [0.5, 0.6) is 0 Å². The minimum atomic E-state index is -1.03. The van der Waals surface area contributed by atoms with E-state index >= 15 is 0 Å². The number of aryl methyl sites for hydroxylation is 8. The number of rotatable bonds is 34. The maximum absolute atomic E-state index is 13.3. The van der Waals surface area contributed by atoms with Crippen molar-refractivity contribution in [3.63, 3.8) is 0 Å². The van der Waals surface area contributed by atoms with E-state index < -0.39 is 52.3 Å². The summed E-state index contributed by atoms with van der Waals surface area (Å²) >= 11 is 14.2. The summed E-state index contributed by atoms with van der Waals surface area (Å²) in [5, 5.41) is 31.2. The molecule has 4 aliphatic rings. The second-order valence-electron chi connectivity index (χ2n) is 34.7. The fourth-order valence-corrected chi connectivity index (χ4v) is 15.5. The third-order valence-electron chi connectivity index (χ3n) is 24.2. The van der Waals surface area contributed by atoms with Crippen LogP contribution in [0.25, 0.3) is 0 Å². The molecule has 7 amide bonds. The fourth-order valence-electron chi connectivity index (χ4n) is 15.5. The lowest BCUT2D eigenvalue weighted by Crippen LogP contribution is -2.52. The number of aliphatic hydroxyl groups excluding tert-OH is 2. The van der Waals surface area contributed by atoms with E-state index in [9.17, 15) is 57.8 Å². The summed E-state index contributed by atoms with van der Waals surface area (Å²) in [6, 6.07) is 95.5. The quantitative estimate of drug-likeness (QED) is 0.00464. The van der Waals surface area contributed by atoms with Crippen molar-refractivity contribution in [1.82, 2.24) is 25.3 Å². The topological polar surface area (TPSA) is 360 Å². The molecule has 2 atom stereocenters. The summed E-state index contributed by atoms with van der Waals surface area (Å²) in [4.78, 5) is 135. The van der Waals surface area contributed by atoms with Gasteiger partial charge in [-0.1, -0.05) is 308 Å². The van der Waals surface area contributed by atoms with Crippen LogP contribution in [0.1, 0.15) is 224 Å². The number of ketones is 2. The van der Waals surface area contributed by atoms with Gasteiger partial charge in [-0.15, -0.1) is 23.2 Å². The van der Waals surface area contributed by atoms with Gasteiger partial charge >= 0.3 is 5.97 Å². The number of carboxylic acids is 1. The van der Waals surface area contributed by atoms with Gasteiger partial charge in [-0.25, -0.2) is 4.79 Å². The van der Waals surface area contributed by atoms with E-state index in [0.717, 1.165) is 116 Å². The van der Waals surface area contributed by atoms with Gasteiger partial charge in [-0.05, 0) is 222 Å². The minimum absolute atomic E-state index is 0.00625. The molecule has 4 aliphatic heterocycles. The number of carbonyl (C=O) groups excluding carboxylic acids is 10. The minimum Gasteiger partial charge on any atom is -0.480 e. The molecule has 2 fully saturated rings. The lowest BCUT2D eigenvalue weighted by atomic mass is 9.84. The first-order chi connectivity index (χ1) is 66.0. The number of hydrogen-bond donors (Lipinski definition) is 8. The number of fused-ring (bicyclic) bond motifs is 2. The van der Waals surface area contributed by atoms with Crippen molar-refractivity contribution in [1.29, 1.82) is 0 Å². The summed E-state index contributed by atoms with van der Waals surface area (Å²) in [6.07, 6.45) is 17.9. The number of likely N-dealkylation sites (tertiary alicyclic amines) is 2. The van der Waals surface area contributed by atoms with Crippen molar-refractivity contribution >= 4 is 98.9 Å². The molecule has 732 valence electrons. The zero-order valence-electron chi connectivity index (χ0n) is 80.4. The Morgan fingerprint density at radius 3 is 0.927 bits per heavy atom. The van der Waals surface area contributed by atoms with Crippen molar-refractivity contribution in [3.8, 4) is 0 Å². The summed E-state index contributed by atoms with van der Waals surface area (Å²) in [5.74, 6) is 3.84. The molecule has 0 radical (unpaired) electrons. The van der Waals surface area contributed by atoms with Gasteiger partial charge in [0, 0.05) is 56.1 Å². The molecule has 10 aromatic rings. The van der Waals surface area contributed by atoms with Crippen LogP contribution in [0.4, 0.5) is 0 Å². The van der Waals surface area contributed by atoms with E-state index in [1.165, 1.54) is 66.1 Å². The molecule has 4 heterocycles. The van der Waals surface area contributed by atoms with Gasteiger partial charge in [0.05, 0.1) is 33.7 Å². The van der Waals surface area contributed by atoms with Gasteiger partial charge in [-0.3, -0.25) is 69.8 Å². The molecule has 0 bridgehead atoms. The Morgan fingerprint density at radius 1 is 0.409 bits per heavy atom. The molecule has 25 heteroatoms. The first-order valence-electron chi connectivity index (χ1n) is 47.0. The number of Topliss-reactive ketones (excluding diaryl/α,β-unsaturated/α-hetero) is 2. The van der Waals surface area contributed by atoms with E-state index in [1.807, 2.05) is 135 Å². The first kappa shape index (κ1) is 116. The highest BCUT2D eigenvalue weighted by Crippen LogP contribution is 2.31. The van der Waals surface area contributed by atoms with E-state index in [-0.39, 0.29) is 58.3 Å². The molecule has 11 N–H and O–H groups in total. The molecule has 137 heavy (non-hydrogen) atoms. The molecule has 22 nitrogen and oxygen atoms in total. The summed E-state index contributed by atoms with van der Waals surface area (Å²) < 4.78 is 0. The molecular weight excluding hydrogens is 1790 g/mol. The number of benzene rings is 10. The van der Waals surface area contributed by atoms with Crippen LogP contribution in [-0.2, 0) is 84.9 Å². The number of carboxylic acid groups (broad SMARTS) is 1. The Labute approximate surface area is 824 Å². The Balaban J connectivity index is 0.000000292. The average molecular weight is 1930 g/mol. The maximum Gasteiger partial charge on any atom is 0.326 e. The number of halogens is 3. The van der Waals surface area contributed by atoms with Crippen molar-refractivity contribution in [3.05, 3.63) is 358 Å². The van der Waals surface area contributed by atoms with Gasteiger partial charge in [0.25, 0.3) is 35.4 Å². The van der Waals surface area contributed by atoms with Gasteiger partial charge in [0.15, 0.2) is 0 Å². The number of hydrogen-bond acceptors (Lipinski definition) is 16. The number of nitrogens with one attached hydrogen (secondary N) is 2. The number of alkyl halides is 2. The number of aliphatic hydroxyl groups is 2. The van der Waals surface area contributed by atoms with E-state index in [0.29, 0.717) is 73.5 Å². The standard InChI is InChI=1S/C29H38N2O3.C25H23NO2.C17H21N.C17H20O.C12H19NO4.C8H5NO2.C2H3ClO.CH2Cl2.CH4O.H4N2/c1-4-29(2,3)26(32)28(34)31-21-11-16-25(31)27(33)30-24(19-17-22-12-7-5-8-13-22)20-18-23-14-9-6-10-15-23;27-24-22-13-7-8-14-23(22)25(28)26(24)21(17-15-19-9-3-1-4-10-19)18-16-20-11-5-2-6-12-20;2*18-17(13-11-15-7-3-1-4-8-15)14-12-16-9-5-2-6-10-16;1-4-12(2,3)9(14)10(15)13-7-5-6-8(13)11(16)17;10-7-5-3-1-2-4-6(5)8(11)9-7;1-2(3)4;2-1-3;2*1-2/h5-10,12-15,24-25H,4,11,16-21H2,1-3H3,(H,30,33);1-14,21H,15-18H2;1-10,17H,11-14,18H2;1-10,17-18H,11-14H2;8H,4-7H2,1-3H3,(H,16,17);1-4H,(H,9,10,11);1H3;1H2;2H,1H3;1-2H2/t25-;;;;8-;;;;;/m0...0...../s1. The van der Waals surface area contributed by atoms with Crippen LogP contribution in [0.2, 0.25) is 0 Å². The molecule has 0 spiro atoms. The Morgan fingerprint density at radius 2 is 0.650 bits per heavy atom. The largest absolute Gasteiger partial charge is 0.480 e. The SMILES string of the molecule is CC(=O)Cl.CCC(C)(C)C(=O)C(=O)N1CCC[C@H]1C(=O)NC(CCc1ccccc1)CCc1ccccc1.CCC(C)(C)C(=O)C(=O)N1CCC[C@H]1C(=O)O.CO.ClCCl.NC(CCc1ccccc1)CCc1ccccc1.NN.O=C1NC(=O)c2ccccc21.O=C1c2ccccc2C(=O)N1C(CCc1ccccc1)CCc1ccccc1.OC(CCc1ccccc1)CCc1ccccc1. The van der Waals surface area contributed by atoms with Crippen LogP contribution >= 0.6 is 34.8 Å². The lowest BCUT2D eigenvalue weighted by Gasteiger charge is -2.29. The van der Waals surface area contributed by atoms with E-state index in [1.54, 1.807) is 64.1 Å². The molecule has 0 aromatic heterocycles. The van der Waals surface area contributed by atoms with Crippen LogP contribution in [0, 0.1) is 10.8 Å². The van der Waals surface area contributed by atoms with Crippen molar-refractivity contribution in [2.24, 2.45) is 28.2 Å². The normalized spacial score (nSPS) is 13.6. The summed E-state index contributed by atoms with van der Waals surface area (Å²) in [5.41, 5.74) is 17.0. The van der Waals surface area contributed by atoms with Crippen LogP contribution < -0.4 is 28.1 Å². The Hall–Kier alpha value is -12.0. The predicted octanol–water partition coefficient (Wildman–Crippen LogP) is 19.1. The summed E-state index contributed by atoms with van der Waals surface area (Å²) in [6.45, 7) is 12.9. The second kappa shape index (κ2) is 64.2. The highest BCUT2D eigenvalue weighted by atomic mass is 35.5. The second-order valence-corrected chi connectivity index (χ2v) is 36.0. The highest BCUT2D eigenvalue weighted by Gasteiger charge is 2.44. The van der Waals surface area contributed by atoms with Gasteiger partial charge in [0.2, 0.25) is 22.7 Å². The molecule has 0 aliphatic carbocycles. The summed E-state index contributed by atoms with van der Waals surface area (Å²) in [7, 11) is 1.00. The molecule has 2 saturated heterocycles. The molecule has 0 unspecified atom stereocenters. The Bertz CT molecular complexity index is 4910.